The third-order valence-electron chi connectivity index (χ3n) is 8.08. The molecule has 5 heteroatoms. The SMILES string of the molecule is C[C@H](CCO[Si](c1ccccc1)(c1ccccc1)C(C)(C)C)C[C@@H](C)C(=O)N(C)[C@@H](C)[C@@H](O)c1ccccc1. The number of rotatable bonds is 12. The lowest BCUT2D eigenvalue weighted by molar-refractivity contribution is -0.138. The Morgan fingerprint density at radius 3 is 1.77 bits per heavy atom. The standard InChI is InChI=1S/C34H47NO3Si/c1-26(25-27(2)33(37)35(7)28(3)32(36)29-17-11-8-12-18-29)23-24-38-39(34(4,5)6,30-19-13-9-14-20-30)31-21-15-10-16-22-31/h8-22,26-28,32,36H,23-25H2,1-7H3/t26-,27-,28+,32-/m1/s1. The predicted octanol–water partition coefficient (Wildman–Crippen LogP) is 6.20. The van der Waals surface area contributed by atoms with E-state index in [-0.39, 0.29) is 22.9 Å². The summed E-state index contributed by atoms with van der Waals surface area (Å²) in [6.45, 7) is 13.7. The smallest absolute Gasteiger partial charge is 0.261 e. The molecular formula is C34H47NO3Si. The van der Waals surface area contributed by atoms with Crippen molar-refractivity contribution in [2.45, 2.75) is 71.6 Å². The Morgan fingerprint density at radius 2 is 1.31 bits per heavy atom. The fourth-order valence-corrected chi connectivity index (χ4v) is 10.3. The molecule has 3 rings (SSSR count). The van der Waals surface area contributed by atoms with Crippen LogP contribution in [0.4, 0.5) is 0 Å². The van der Waals surface area contributed by atoms with E-state index in [1.807, 2.05) is 44.2 Å². The molecule has 0 unspecified atom stereocenters. The summed E-state index contributed by atoms with van der Waals surface area (Å²) in [6, 6.07) is 30.7. The molecule has 0 aromatic heterocycles. The van der Waals surface area contributed by atoms with Crippen molar-refractivity contribution in [2.75, 3.05) is 13.7 Å². The van der Waals surface area contributed by atoms with Crippen molar-refractivity contribution in [1.29, 1.82) is 0 Å². The number of likely N-dealkylation sites (N-methyl/N-ethyl adjacent to an activating group) is 1. The second kappa shape index (κ2) is 13.6. The Bertz CT molecular complexity index is 1110. The number of hydrogen-bond donors (Lipinski definition) is 1. The quantitative estimate of drug-likeness (QED) is 0.276. The van der Waals surface area contributed by atoms with Crippen LogP contribution < -0.4 is 10.4 Å². The van der Waals surface area contributed by atoms with Crippen molar-refractivity contribution >= 4 is 24.6 Å². The molecule has 0 aliphatic rings. The molecule has 0 fully saturated rings. The van der Waals surface area contributed by atoms with Crippen LogP contribution >= 0.6 is 0 Å². The lowest BCUT2D eigenvalue weighted by Crippen LogP contribution is -2.66. The van der Waals surface area contributed by atoms with Gasteiger partial charge in [-0.1, -0.05) is 126 Å². The van der Waals surface area contributed by atoms with Gasteiger partial charge in [-0.25, -0.2) is 0 Å². The molecule has 0 spiro atoms. The molecule has 0 saturated carbocycles. The summed E-state index contributed by atoms with van der Waals surface area (Å²) in [5.41, 5.74) is 0.825. The summed E-state index contributed by atoms with van der Waals surface area (Å²) in [4.78, 5) is 15.0. The van der Waals surface area contributed by atoms with Crippen LogP contribution in [0.25, 0.3) is 0 Å². The molecule has 39 heavy (non-hydrogen) atoms. The first-order valence-electron chi connectivity index (χ1n) is 14.2. The van der Waals surface area contributed by atoms with E-state index in [4.69, 9.17) is 4.43 Å². The molecule has 1 amide bonds. The van der Waals surface area contributed by atoms with E-state index in [1.54, 1.807) is 11.9 Å². The van der Waals surface area contributed by atoms with Gasteiger partial charge in [-0.2, -0.15) is 0 Å². The monoisotopic (exact) mass is 545 g/mol. The summed E-state index contributed by atoms with van der Waals surface area (Å²) >= 11 is 0. The summed E-state index contributed by atoms with van der Waals surface area (Å²) in [5.74, 6) is 0.255. The van der Waals surface area contributed by atoms with Gasteiger partial charge in [-0.15, -0.1) is 0 Å². The maximum atomic E-state index is 13.3. The lowest BCUT2D eigenvalue weighted by Gasteiger charge is -2.43. The summed E-state index contributed by atoms with van der Waals surface area (Å²) in [5, 5.41) is 13.3. The topological polar surface area (TPSA) is 49.8 Å². The Balaban J connectivity index is 1.66. The van der Waals surface area contributed by atoms with Crippen molar-refractivity contribution < 1.29 is 14.3 Å². The van der Waals surface area contributed by atoms with Gasteiger partial charge in [0.2, 0.25) is 5.91 Å². The summed E-state index contributed by atoms with van der Waals surface area (Å²) < 4.78 is 7.06. The fraction of sp³-hybridized carbons (Fsp3) is 0.441. The number of benzene rings is 3. The van der Waals surface area contributed by atoms with E-state index in [0.29, 0.717) is 12.5 Å². The molecule has 0 saturated heterocycles. The minimum Gasteiger partial charge on any atom is -0.407 e. The molecule has 0 bridgehead atoms. The van der Waals surface area contributed by atoms with Crippen molar-refractivity contribution in [3.8, 4) is 0 Å². The number of carbonyl (C=O) groups is 1. The minimum absolute atomic E-state index is 0.0549. The maximum absolute atomic E-state index is 13.3. The Morgan fingerprint density at radius 1 is 0.846 bits per heavy atom. The molecule has 0 radical (unpaired) electrons. The second-order valence-electron chi connectivity index (χ2n) is 12.1. The average molecular weight is 546 g/mol. The van der Waals surface area contributed by atoms with Crippen LogP contribution in [0.15, 0.2) is 91.0 Å². The van der Waals surface area contributed by atoms with Crippen LogP contribution in [0.5, 0.6) is 0 Å². The normalized spacial score (nSPS) is 15.3. The van der Waals surface area contributed by atoms with Gasteiger partial charge in [-0.05, 0) is 46.7 Å². The molecule has 0 aliphatic carbocycles. The average Bonchev–Trinajstić information content (AvgIpc) is 2.94. The first-order valence-corrected chi connectivity index (χ1v) is 16.1. The number of nitrogens with zero attached hydrogens (tertiary/aromatic N) is 1. The highest BCUT2D eigenvalue weighted by molar-refractivity contribution is 6.99. The predicted molar refractivity (Wildman–Crippen MR) is 165 cm³/mol. The molecule has 0 heterocycles. The van der Waals surface area contributed by atoms with Gasteiger partial charge in [0.1, 0.15) is 0 Å². The van der Waals surface area contributed by atoms with E-state index in [1.165, 1.54) is 10.4 Å². The Kier molecular flexibility index (Phi) is 10.7. The number of aliphatic hydroxyl groups is 1. The van der Waals surface area contributed by atoms with E-state index < -0.39 is 14.4 Å². The van der Waals surface area contributed by atoms with Gasteiger partial charge in [0.25, 0.3) is 8.32 Å². The molecule has 3 aromatic carbocycles. The molecule has 4 atom stereocenters. The molecule has 0 aliphatic heterocycles. The third kappa shape index (κ3) is 7.27. The van der Waals surface area contributed by atoms with Crippen LogP contribution in [0.2, 0.25) is 5.04 Å². The van der Waals surface area contributed by atoms with Crippen molar-refractivity contribution in [2.24, 2.45) is 11.8 Å². The van der Waals surface area contributed by atoms with Crippen molar-refractivity contribution in [3.05, 3.63) is 96.6 Å². The van der Waals surface area contributed by atoms with Crippen LogP contribution in [0.1, 0.15) is 66.1 Å². The minimum atomic E-state index is -2.56. The number of amides is 1. The van der Waals surface area contributed by atoms with Crippen LogP contribution in [-0.2, 0) is 9.22 Å². The van der Waals surface area contributed by atoms with Crippen LogP contribution in [0, 0.1) is 11.8 Å². The van der Waals surface area contributed by atoms with Gasteiger partial charge in [0.05, 0.1) is 12.1 Å². The number of carbonyl (C=O) groups excluding carboxylic acids is 1. The first-order chi connectivity index (χ1) is 18.5. The zero-order chi connectivity index (χ0) is 28.6. The highest BCUT2D eigenvalue weighted by Gasteiger charge is 2.50. The van der Waals surface area contributed by atoms with Gasteiger partial charge in [0.15, 0.2) is 0 Å². The molecule has 3 aromatic rings. The summed E-state index contributed by atoms with van der Waals surface area (Å²) in [6.07, 6.45) is 0.944. The summed E-state index contributed by atoms with van der Waals surface area (Å²) in [7, 11) is -0.760. The molecule has 1 N–H and O–H groups in total. The highest BCUT2D eigenvalue weighted by atomic mass is 28.4. The first kappa shape index (κ1) is 30.8. The molecular weight excluding hydrogens is 498 g/mol. The third-order valence-corrected chi connectivity index (χ3v) is 13.1. The largest absolute Gasteiger partial charge is 0.407 e. The number of aliphatic hydroxyl groups excluding tert-OH is 1. The van der Waals surface area contributed by atoms with Gasteiger partial charge in [0, 0.05) is 19.6 Å². The molecule has 210 valence electrons. The van der Waals surface area contributed by atoms with E-state index in [9.17, 15) is 9.90 Å². The van der Waals surface area contributed by atoms with E-state index >= 15 is 0 Å². The highest BCUT2D eigenvalue weighted by Crippen LogP contribution is 2.37. The zero-order valence-electron chi connectivity index (χ0n) is 24.8. The second-order valence-corrected chi connectivity index (χ2v) is 16.4. The van der Waals surface area contributed by atoms with Crippen molar-refractivity contribution in [3.63, 3.8) is 0 Å². The Labute approximate surface area is 237 Å². The zero-order valence-corrected chi connectivity index (χ0v) is 25.8. The van der Waals surface area contributed by atoms with Gasteiger partial charge >= 0.3 is 0 Å². The lowest BCUT2D eigenvalue weighted by atomic mass is 9.93. The van der Waals surface area contributed by atoms with E-state index in [2.05, 4.69) is 88.4 Å². The molecule has 4 nitrogen and oxygen atoms in total. The van der Waals surface area contributed by atoms with Crippen molar-refractivity contribution in [1.82, 2.24) is 4.90 Å². The van der Waals surface area contributed by atoms with E-state index in [0.717, 1.165) is 18.4 Å². The fourth-order valence-electron chi connectivity index (χ4n) is 5.69. The van der Waals surface area contributed by atoms with Gasteiger partial charge in [-0.3, -0.25) is 4.79 Å². The van der Waals surface area contributed by atoms with Crippen LogP contribution in [-0.4, -0.2) is 43.9 Å². The van der Waals surface area contributed by atoms with Gasteiger partial charge < -0.3 is 14.4 Å². The Hall–Kier alpha value is -2.73. The van der Waals surface area contributed by atoms with Crippen LogP contribution in [0.3, 0.4) is 0 Å². The number of hydrogen-bond acceptors (Lipinski definition) is 3. The maximum Gasteiger partial charge on any atom is 0.261 e.